The van der Waals surface area contributed by atoms with Gasteiger partial charge in [-0.05, 0) is 232 Å². The lowest BCUT2D eigenvalue weighted by molar-refractivity contribution is 0.0593. The van der Waals surface area contributed by atoms with Gasteiger partial charge >= 0.3 is 5.97 Å². The fraction of sp³-hybridized carbons (Fsp3) is 0.229. The molecule has 5 N–H and O–H groups in total. The van der Waals surface area contributed by atoms with Gasteiger partial charge in [-0.3, -0.25) is 4.79 Å². The maximum atomic E-state index is 12.8. The van der Waals surface area contributed by atoms with Crippen molar-refractivity contribution in [3.8, 4) is 213 Å². The first-order chi connectivity index (χ1) is 47.8. The quantitative estimate of drug-likeness (QED) is 0.0805. The Morgan fingerprint density at radius 2 is 0.828 bits per heavy atom. The molecule has 2 saturated carbocycles. The van der Waals surface area contributed by atoms with E-state index in [4.69, 9.17) is 38.8 Å². The molecule has 99 heavy (non-hydrogen) atoms. The Hall–Kier alpha value is -12.6. The summed E-state index contributed by atoms with van der Waals surface area (Å²) in [6, 6.07) is 23.1. The number of carbonyl (C=O) groups is 2. The zero-order chi connectivity index (χ0) is 70.2. The van der Waals surface area contributed by atoms with Gasteiger partial charge in [-0.25, -0.2) is 24.1 Å². The number of carbonyl (C=O) groups excluding carboxylic acids is 2. The van der Waals surface area contributed by atoms with Crippen LogP contribution in [0.3, 0.4) is 0 Å². The van der Waals surface area contributed by atoms with Crippen LogP contribution in [-0.4, -0.2) is 83.0 Å². The standard InChI is InChI=1S/C36H6.C23H25ClN4O2.C18H16ClN3O2.C6H13NO.ClH/c1-3-5-7-9-11-13-15-17-19-21-23-25-27-29-31-33-35-36-34-32-30-28-26-24-22-20-18-16-14-12-10-8-6-4-2;1-15-22(24)17(13-16-7-9-18(10-8-16)28-12-4-11-25-28)14-20(26-15)23(30)27-19-5-2-3-6-21(19)29;1-12-17(19)14(11-16(21-12)18(23)24-2)10-13-4-6-15(7-5-13)22-9-3-8-20-22;7-5-3-1-2-4-6(5)8;/h1-2H3;4,7-12,14,19,21,29H,2-3,5-6,13H2,1H3,(H,27,30);3-9,11H,10H2,1-2H3;5-6,8H,1-4,7H2;1H/t;19-,21-;;5-,6-;/m.0.0./s1. The molecule has 0 radical (unpaired) electrons. The van der Waals surface area contributed by atoms with Crippen LogP contribution in [-0.2, 0) is 17.6 Å². The molecule has 2 aliphatic rings. The van der Waals surface area contributed by atoms with Gasteiger partial charge in [-0.15, -0.1) is 12.4 Å². The molecule has 1 amide bonds. The van der Waals surface area contributed by atoms with E-state index in [1.807, 2.05) is 73.1 Å². The highest BCUT2D eigenvalue weighted by atomic mass is 35.5. The van der Waals surface area contributed by atoms with Crippen molar-refractivity contribution >= 4 is 47.5 Å². The van der Waals surface area contributed by atoms with E-state index < -0.39 is 12.1 Å². The number of hydrogen-bond donors (Lipinski definition) is 4. The molecule has 4 heterocycles. The van der Waals surface area contributed by atoms with Crippen LogP contribution in [0.4, 0.5) is 0 Å². The van der Waals surface area contributed by atoms with Crippen LogP contribution in [0.1, 0.15) is 120 Å². The number of aryl methyl sites for hydroxylation is 2. The minimum Gasteiger partial charge on any atom is -0.464 e. The van der Waals surface area contributed by atoms with Crippen LogP contribution in [0.5, 0.6) is 0 Å². The SMILES string of the molecule is CC#CC#CC#CC#CC#CC#CC#CC#CC#CC#CC#CC#CC#CC#CC#CC#CC#CC.COC(=O)c1cc(Cc2ccc(-n3cccn3)cc2)c(Cl)c(C)n1.Cc1nc(C(=O)N[C@H]2CCCC[C@@H]2O)cc(Cc2ccc(-n3cccn3)cc2)c1Cl.Cl.N[C@H]1CCCC[C@@H]1O. The zero-order valence-electron chi connectivity index (χ0n) is 54.7. The molecule has 4 atom stereocenters. The summed E-state index contributed by atoms with van der Waals surface area (Å²) in [4.78, 5) is 33.0. The van der Waals surface area contributed by atoms with Gasteiger partial charge in [-0.1, -0.05) is 85.0 Å². The van der Waals surface area contributed by atoms with Crippen molar-refractivity contribution in [2.24, 2.45) is 5.73 Å². The van der Waals surface area contributed by atoms with Crippen LogP contribution in [0.2, 0.25) is 10.0 Å². The van der Waals surface area contributed by atoms with E-state index in [1.54, 1.807) is 61.6 Å². The molecule has 13 nitrogen and oxygen atoms in total. The Labute approximate surface area is 597 Å². The highest BCUT2D eigenvalue weighted by molar-refractivity contribution is 6.32. The van der Waals surface area contributed by atoms with Gasteiger partial charge in [0.05, 0.1) is 58.2 Å². The first-order valence-corrected chi connectivity index (χ1v) is 30.9. The van der Waals surface area contributed by atoms with Crippen molar-refractivity contribution in [1.82, 2.24) is 34.8 Å². The van der Waals surface area contributed by atoms with Crippen LogP contribution >= 0.6 is 35.6 Å². The summed E-state index contributed by atoms with van der Waals surface area (Å²) < 4.78 is 8.33. The third kappa shape index (κ3) is 31.0. The fourth-order valence-electron chi connectivity index (χ4n) is 8.57. The number of methoxy groups -OCH3 is 1. The summed E-state index contributed by atoms with van der Waals surface area (Å²) in [5.74, 6) is 84.9. The van der Waals surface area contributed by atoms with Gasteiger partial charge in [0.2, 0.25) is 0 Å². The lowest BCUT2D eigenvalue weighted by atomic mass is 9.92. The first kappa shape index (κ1) is 78.8. The van der Waals surface area contributed by atoms with Crippen LogP contribution < -0.4 is 11.1 Å². The average Bonchev–Trinajstić information content (AvgIpc) is 1.34. The number of nitrogens with two attached hydrogens (primary N) is 1. The largest absolute Gasteiger partial charge is 0.464 e. The lowest BCUT2D eigenvalue weighted by Crippen LogP contribution is -2.45. The molecule has 0 aliphatic heterocycles. The number of hydrogen-bond acceptors (Lipinski definition) is 10. The summed E-state index contributed by atoms with van der Waals surface area (Å²) >= 11 is 12.8. The second kappa shape index (κ2) is 47.3. The van der Waals surface area contributed by atoms with E-state index in [9.17, 15) is 14.7 Å². The number of esters is 1. The smallest absolute Gasteiger partial charge is 0.356 e. The van der Waals surface area contributed by atoms with Crippen molar-refractivity contribution < 1.29 is 24.5 Å². The van der Waals surface area contributed by atoms with Crippen molar-refractivity contribution in [2.75, 3.05) is 7.11 Å². The van der Waals surface area contributed by atoms with Crippen molar-refractivity contribution in [3.05, 3.63) is 153 Å². The van der Waals surface area contributed by atoms with Crippen LogP contribution in [0.15, 0.2) is 97.6 Å². The van der Waals surface area contributed by atoms with Gasteiger partial charge < -0.3 is 26.0 Å². The topological polar surface area (TPSA) is 183 Å². The maximum Gasteiger partial charge on any atom is 0.356 e. The van der Waals surface area contributed by atoms with Gasteiger partial charge in [0.15, 0.2) is 0 Å². The molecular formula is C83H61Cl3N8O5. The number of amides is 1. The number of aromatic nitrogens is 6. The number of aliphatic hydroxyl groups is 2. The van der Waals surface area contributed by atoms with Crippen LogP contribution in [0, 0.1) is 215 Å². The number of nitrogens with zero attached hydrogens (tertiary/aromatic N) is 6. The Morgan fingerprint density at radius 1 is 0.505 bits per heavy atom. The second-order valence-corrected chi connectivity index (χ2v) is 20.9. The van der Waals surface area contributed by atoms with Gasteiger partial charge in [0.25, 0.3) is 5.91 Å². The summed E-state index contributed by atoms with van der Waals surface area (Å²) in [7, 11) is 1.33. The summed E-state index contributed by atoms with van der Waals surface area (Å²) in [5.41, 5.74) is 13.2. The number of aliphatic hydroxyl groups excluding tert-OH is 2. The molecule has 8 rings (SSSR count). The number of ether oxygens (including phenoxy) is 1. The van der Waals surface area contributed by atoms with E-state index in [-0.39, 0.29) is 42.2 Å². The lowest BCUT2D eigenvalue weighted by Gasteiger charge is -2.28. The normalized spacial score (nSPS) is 12.9. The number of benzene rings is 2. The first-order valence-electron chi connectivity index (χ1n) is 30.2. The van der Waals surface area contributed by atoms with Crippen molar-refractivity contribution in [1.29, 1.82) is 0 Å². The second-order valence-electron chi connectivity index (χ2n) is 20.2. The van der Waals surface area contributed by atoms with E-state index in [2.05, 4.69) is 227 Å². The Balaban J connectivity index is 0.000000300. The number of nitrogens with one attached hydrogen (secondary N) is 1. The summed E-state index contributed by atoms with van der Waals surface area (Å²) in [6.07, 6.45) is 15.5. The Kier molecular flexibility index (Phi) is 37.6. The Bertz CT molecular complexity index is 4850. The van der Waals surface area contributed by atoms with Gasteiger partial charge in [0, 0.05) is 126 Å². The average molecular weight is 1360 g/mol. The van der Waals surface area contributed by atoms with E-state index in [0.717, 1.165) is 78.6 Å². The molecule has 16 heteroatoms. The highest BCUT2D eigenvalue weighted by Crippen LogP contribution is 2.26. The third-order valence-corrected chi connectivity index (χ3v) is 14.3. The van der Waals surface area contributed by atoms with Gasteiger partial charge in [0.1, 0.15) is 11.4 Å². The van der Waals surface area contributed by atoms with E-state index >= 15 is 0 Å². The molecule has 0 bridgehead atoms. The minimum atomic E-state index is -0.496. The van der Waals surface area contributed by atoms with E-state index in [0.29, 0.717) is 40.0 Å². The highest BCUT2D eigenvalue weighted by Gasteiger charge is 2.26. The molecule has 0 spiro atoms. The van der Waals surface area contributed by atoms with Crippen LogP contribution in [0.25, 0.3) is 11.4 Å². The van der Waals surface area contributed by atoms with Gasteiger partial charge in [-0.2, -0.15) is 10.2 Å². The molecule has 4 aromatic heterocycles. The monoisotopic (exact) mass is 1350 g/mol. The molecule has 6 aromatic rings. The minimum absolute atomic E-state index is 0. The third-order valence-electron chi connectivity index (χ3n) is 13.2. The van der Waals surface area contributed by atoms with E-state index in [1.165, 1.54) is 13.5 Å². The molecule has 0 saturated heterocycles. The fourth-order valence-corrected chi connectivity index (χ4v) is 8.90. The molecule has 484 valence electrons. The summed E-state index contributed by atoms with van der Waals surface area (Å²) in [6.45, 7) is 6.96. The van der Waals surface area contributed by atoms with Crippen molar-refractivity contribution in [3.63, 3.8) is 0 Å². The van der Waals surface area contributed by atoms with Crippen molar-refractivity contribution in [2.45, 2.75) is 116 Å². The summed E-state index contributed by atoms with van der Waals surface area (Å²) in [5, 5.41) is 31.7. The zero-order valence-corrected chi connectivity index (χ0v) is 57.0. The number of halogens is 3. The molecule has 0 unspecified atom stereocenters. The maximum absolute atomic E-state index is 12.8. The predicted molar refractivity (Wildman–Crippen MR) is 391 cm³/mol. The molecule has 2 aromatic carbocycles. The molecular weight excluding hydrogens is 1300 g/mol. The Morgan fingerprint density at radius 3 is 1.13 bits per heavy atom. The molecule has 2 fully saturated rings. The predicted octanol–water partition coefficient (Wildman–Crippen LogP) is 9.21. The molecule has 2 aliphatic carbocycles. The number of rotatable bonds is 9. The number of pyridine rings is 2.